The summed E-state index contributed by atoms with van der Waals surface area (Å²) in [5, 5.41) is 7.47. The van der Waals surface area contributed by atoms with E-state index < -0.39 is 0 Å². The molecule has 0 radical (unpaired) electrons. The van der Waals surface area contributed by atoms with Crippen LogP contribution in [-0.2, 0) is 6.54 Å². The van der Waals surface area contributed by atoms with Gasteiger partial charge in [-0.25, -0.2) is 0 Å². The molecule has 1 aromatic heterocycles. The fourth-order valence-electron chi connectivity index (χ4n) is 3.25. The topological polar surface area (TPSA) is 66.1 Å². The Morgan fingerprint density at radius 3 is 2.61 bits per heavy atom. The van der Waals surface area contributed by atoms with E-state index in [2.05, 4.69) is 44.3 Å². The van der Waals surface area contributed by atoms with Crippen molar-refractivity contribution in [2.24, 2.45) is 4.99 Å². The van der Waals surface area contributed by atoms with Crippen LogP contribution in [0, 0.1) is 6.92 Å². The summed E-state index contributed by atoms with van der Waals surface area (Å²) in [7, 11) is 1.85. The summed E-state index contributed by atoms with van der Waals surface area (Å²) in [6.07, 6.45) is 3.70. The summed E-state index contributed by atoms with van der Waals surface area (Å²) in [5.41, 5.74) is 2.24. The van der Waals surface area contributed by atoms with Crippen molar-refractivity contribution in [2.75, 3.05) is 46.4 Å². The number of guanidine groups is 1. The maximum atomic E-state index is 5.78. The summed E-state index contributed by atoms with van der Waals surface area (Å²) in [6.45, 7) is 8.50. The van der Waals surface area contributed by atoms with Crippen LogP contribution in [0.4, 0.5) is 0 Å². The Bertz CT molecular complexity index is 707. The Morgan fingerprint density at radius 2 is 1.93 bits per heavy atom. The molecule has 3 rings (SSSR count). The zero-order chi connectivity index (χ0) is 19.6. The van der Waals surface area contributed by atoms with E-state index in [9.17, 15) is 0 Å². The molecule has 1 fully saturated rings. The number of hydrogen-bond acceptors (Lipinski definition) is 5. The standard InChI is InChI=1S/C21H31N5O2/c1-18-5-7-20(8-6-18)27-15-4-3-10-23-21(22-2)26-13-11-25(12-14-26)17-19-9-16-28-24-19/h5-9,16H,3-4,10-15,17H2,1-2H3,(H,22,23). The van der Waals surface area contributed by atoms with Crippen molar-refractivity contribution in [3.8, 4) is 5.75 Å². The van der Waals surface area contributed by atoms with Crippen LogP contribution in [0.3, 0.4) is 0 Å². The van der Waals surface area contributed by atoms with Crippen LogP contribution >= 0.6 is 0 Å². The van der Waals surface area contributed by atoms with E-state index in [0.717, 1.165) is 76.1 Å². The number of aliphatic imine (C=N–C) groups is 1. The lowest BCUT2D eigenvalue weighted by Gasteiger charge is -2.36. The Kier molecular flexibility index (Phi) is 7.72. The lowest BCUT2D eigenvalue weighted by Crippen LogP contribution is -2.52. The van der Waals surface area contributed by atoms with Gasteiger partial charge < -0.3 is 19.5 Å². The first-order valence-corrected chi connectivity index (χ1v) is 10.0. The van der Waals surface area contributed by atoms with Crippen LogP contribution < -0.4 is 10.1 Å². The van der Waals surface area contributed by atoms with Crippen molar-refractivity contribution < 1.29 is 9.26 Å². The van der Waals surface area contributed by atoms with Gasteiger partial charge in [0.1, 0.15) is 12.0 Å². The number of nitrogens with one attached hydrogen (secondary N) is 1. The molecule has 0 saturated carbocycles. The van der Waals surface area contributed by atoms with Crippen LogP contribution in [0.1, 0.15) is 24.1 Å². The van der Waals surface area contributed by atoms with Gasteiger partial charge in [0.25, 0.3) is 0 Å². The molecule has 1 aliphatic heterocycles. The zero-order valence-electron chi connectivity index (χ0n) is 16.9. The highest BCUT2D eigenvalue weighted by molar-refractivity contribution is 5.79. The molecule has 0 amide bonds. The molecule has 0 unspecified atom stereocenters. The largest absolute Gasteiger partial charge is 0.494 e. The van der Waals surface area contributed by atoms with Gasteiger partial charge in [0.15, 0.2) is 5.96 Å². The number of nitrogens with zero attached hydrogens (tertiary/aromatic N) is 4. The zero-order valence-corrected chi connectivity index (χ0v) is 16.9. The predicted molar refractivity (Wildman–Crippen MR) is 111 cm³/mol. The van der Waals surface area contributed by atoms with Crippen LogP contribution in [0.5, 0.6) is 5.75 Å². The molecule has 28 heavy (non-hydrogen) atoms. The number of rotatable bonds is 8. The van der Waals surface area contributed by atoms with Gasteiger partial charge in [-0.05, 0) is 31.9 Å². The molecule has 7 heteroatoms. The van der Waals surface area contributed by atoms with Crippen LogP contribution in [0.15, 0.2) is 46.1 Å². The van der Waals surface area contributed by atoms with Crippen LogP contribution in [0.25, 0.3) is 0 Å². The van der Waals surface area contributed by atoms with Crippen LogP contribution in [0.2, 0.25) is 0 Å². The Balaban J connectivity index is 1.29. The van der Waals surface area contributed by atoms with Gasteiger partial charge in [0, 0.05) is 52.4 Å². The average molecular weight is 386 g/mol. The molecule has 7 nitrogen and oxygen atoms in total. The van der Waals surface area contributed by atoms with Crippen molar-refractivity contribution in [1.29, 1.82) is 0 Å². The molecule has 1 N–H and O–H groups in total. The average Bonchev–Trinajstić information content (AvgIpc) is 3.23. The number of piperazine rings is 1. The fourth-order valence-corrected chi connectivity index (χ4v) is 3.25. The summed E-state index contributed by atoms with van der Waals surface area (Å²) in [5.74, 6) is 1.93. The van der Waals surface area contributed by atoms with E-state index in [1.54, 1.807) is 6.26 Å². The van der Waals surface area contributed by atoms with Crippen LogP contribution in [-0.4, -0.2) is 67.3 Å². The molecule has 0 bridgehead atoms. The molecule has 2 aromatic rings. The predicted octanol–water partition coefficient (Wildman–Crippen LogP) is 2.54. The molecule has 2 heterocycles. The highest BCUT2D eigenvalue weighted by atomic mass is 16.5. The van der Waals surface area contributed by atoms with E-state index in [0.29, 0.717) is 0 Å². The maximum absolute atomic E-state index is 5.78. The van der Waals surface area contributed by atoms with Gasteiger partial charge in [0.2, 0.25) is 0 Å². The third-order valence-corrected chi connectivity index (χ3v) is 4.90. The molecule has 1 aromatic carbocycles. The molecule has 152 valence electrons. The lowest BCUT2D eigenvalue weighted by molar-refractivity contribution is 0.169. The van der Waals surface area contributed by atoms with E-state index in [1.807, 2.05) is 25.2 Å². The van der Waals surface area contributed by atoms with Gasteiger partial charge in [-0.2, -0.15) is 0 Å². The number of aryl methyl sites for hydroxylation is 1. The first-order chi connectivity index (χ1) is 13.7. The molecule has 1 aliphatic rings. The van der Waals surface area contributed by atoms with E-state index >= 15 is 0 Å². The highest BCUT2D eigenvalue weighted by Crippen LogP contribution is 2.12. The quantitative estimate of drug-likeness (QED) is 0.428. The number of ether oxygens (including phenoxy) is 1. The second-order valence-electron chi connectivity index (χ2n) is 7.10. The van der Waals surface area contributed by atoms with E-state index in [-0.39, 0.29) is 0 Å². The van der Waals surface area contributed by atoms with Gasteiger partial charge in [-0.3, -0.25) is 9.89 Å². The minimum atomic E-state index is 0.740. The Hall–Kier alpha value is -2.54. The second-order valence-corrected chi connectivity index (χ2v) is 7.10. The minimum absolute atomic E-state index is 0.740. The Morgan fingerprint density at radius 1 is 1.14 bits per heavy atom. The normalized spacial score (nSPS) is 15.6. The van der Waals surface area contributed by atoms with E-state index in [4.69, 9.17) is 9.26 Å². The SMILES string of the molecule is CN=C(NCCCCOc1ccc(C)cc1)N1CCN(Cc2ccon2)CC1. The van der Waals surface area contributed by atoms with Gasteiger partial charge in [-0.1, -0.05) is 22.9 Å². The minimum Gasteiger partial charge on any atom is -0.494 e. The smallest absolute Gasteiger partial charge is 0.193 e. The lowest BCUT2D eigenvalue weighted by atomic mass is 10.2. The molecular weight excluding hydrogens is 354 g/mol. The third kappa shape index (κ3) is 6.27. The van der Waals surface area contributed by atoms with Gasteiger partial charge >= 0.3 is 0 Å². The summed E-state index contributed by atoms with van der Waals surface area (Å²) in [6, 6.07) is 10.1. The monoisotopic (exact) mass is 385 g/mol. The molecule has 1 saturated heterocycles. The molecule has 0 aliphatic carbocycles. The number of unbranched alkanes of at least 4 members (excludes halogenated alkanes) is 1. The van der Waals surface area contributed by atoms with Gasteiger partial charge in [-0.15, -0.1) is 0 Å². The summed E-state index contributed by atoms with van der Waals surface area (Å²) >= 11 is 0. The summed E-state index contributed by atoms with van der Waals surface area (Å²) in [4.78, 5) is 9.15. The fraction of sp³-hybridized carbons (Fsp3) is 0.524. The first kappa shape index (κ1) is 20.2. The highest BCUT2D eigenvalue weighted by Gasteiger charge is 2.20. The molecule has 0 spiro atoms. The van der Waals surface area contributed by atoms with Crippen molar-refractivity contribution in [3.05, 3.63) is 47.9 Å². The van der Waals surface area contributed by atoms with Crippen molar-refractivity contribution in [2.45, 2.75) is 26.3 Å². The third-order valence-electron chi connectivity index (χ3n) is 4.90. The van der Waals surface area contributed by atoms with Gasteiger partial charge in [0.05, 0.1) is 12.3 Å². The number of aromatic nitrogens is 1. The second kappa shape index (κ2) is 10.7. The van der Waals surface area contributed by atoms with Crippen molar-refractivity contribution >= 4 is 5.96 Å². The summed E-state index contributed by atoms with van der Waals surface area (Å²) < 4.78 is 10.7. The molecular formula is C21H31N5O2. The first-order valence-electron chi connectivity index (χ1n) is 10.0. The van der Waals surface area contributed by atoms with Crippen molar-refractivity contribution in [1.82, 2.24) is 20.3 Å². The maximum Gasteiger partial charge on any atom is 0.193 e. The number of benzene rings is 1. The molecule has 0 atom stereocenters. The van der Waals surface area contributed by atoms with E-state index in [1.165, 1.54) is 5.56 Å². The van der Waals surface area contributed by atoms with Crippen molar-refractivity contribution in [3.63, 3.8) is 0 Å². The number of hydrogen-bond donors (Lipinski definition) is 1. The Labute approximate surface area is 167 Å².